The first-order valence-corrected chi connectivity index (χ1v) is 5.25. The van der Waals surface area contributed by atoms with Crippen LogP contribution in [0.15, 0.2) is 17.3 Å². The zero-order valence-corrected chi connectivity index (χ0v) is 10.7. The number of hydrogen-bond acceptors (Lipinski definition) is 2. The Morgan fingerprint density at radius 1 is 1.44 bits per heavy atom. The molecule has 0 unspecified atom stereocenters. The summed E-state index contributed by atoms with van der Waals surface area (Å²) in [5.74, 6) is 0.216. The van der Waals surface area contributed by atoms with Crippen LogP contribution in [-0.4, -0.2) is 35.7 Å². The summed E-state index contributed by atoms with van der Waals surface area (Å²) < 4.78 is 0. The van der Waals surface area contributed by atoms with E-state index < -0.39 is 5.91 Å². The lowest BCUT2D eigenvalue weighted by atomic mass is 10.3. The number of carbonyl (C=O) groups excluding carboxylic acids is 1. The van der Waals surface area contributed by atoms with Crippen LogP contribution < -0.4 is 0 Å². The Bertz CT molecular complexity index is 444. The van der Waals surface area contributed by atoms with E-state index in [4.69, 9.17) is 23.2 Å². The van der Waals surface area contributed by atoms with E-state index >= 15 is 0 Å². The van der Waals surface area contributed by atoms with Gasteiger partial charge in [-0.2, -0.15) is 4.99 Å². The molecule has 0 saturated carbocycles. The van der Waals surface area contributed by atoms with Crippen LogP contribution in [0.2, 0.25) is 10.2 Å². The second-order valence-corrected chi connectivity index (χ2v) is 4.12. The zero-order chi connectivity index (χ0) is 12.3. The number of aliphatic imine (C=N–C) groups is 1. The number of pyridine rings is 1. The van der Waals surface area contributed by atoms with Crippen molar-refractivity contribution in [1.29, 1.82) is 0 Å². The minimum absolute atomic E-state index is 0.173. The predicted molar refractivity (Wildman–Crippen MR) is 65.4 cm³/mol. The second kappa shape index (κ2) is 5.27. The molecule has 0 aliphatic rings. The number of amidine groups is 1. The third-order valence-electron chi connectivity index (χ3n) is 1.95. The number of aromatic nitrogens is 1. The Hall–Kier alpha value is -1.13. The van der Waals surface area contributed by atoms with Gasteiger partial charge in [0.25, 0.3) is 5.91 Å². The molecule has 1 aromatic heterocycles. The molecule has 0 spiro atoms. The smallest absolute Gasteiger partial charge is 0.280 e. The maximum absolute atomic E-state index is 11.7. The maximum atomic E-state index is 11.7. The average molecular weight is 260 g/mol. The molecule has 1 amide bonds. The summed E-state index contributed by atoms with van der Waals surface area (Å²) in [6, 6.07) is 1.45. The maximum Gasteiger partial charge on any atom is 0.280 e. The third kappa shape index (κ3) is 3.18. The van der Waals surface area contributed by atoms with Crippen molar-refractivity contribution in [3.8, 4) is 0 Å². The molecule has 1 aromatic rings. The zero-order valence-electron chi connectivity index (χ0n) is 9.16. The monoisotopic (exact) mass is 259 g/mol. The van der Waals surface area contributed by atoms with E-state index in [0.29, 0.717) is 11.4 Å². The molecular weight excluding hydrogens is 249 g/mol. The molecule has 6 heteroatoms. The van der Waals surface area contributed by atoms with Crippen molar-refractivity contribution >= 4 is 34.9 Å². The second-order valence-electron chi connectivity index (χ2n) is 3.36. The lowest BCUT2D eigenvalue weighted by Gasteiger charge is -2.10. The molecule has 0 aromatic carbocycles. The minimum atomic E-state index is -0.391. The highest BCUT2D eigenvalue weighted by Gasteiger charge is 2.08. The summed E-state index contributed by atoms with van der Waals surface area (Å²) in [7, 11) is 3.61. The molecule has 1 rings (SSSR count). The molecule has 4 nitrogen and oxygen atoms in total. The van der Waals surface area contributed by atoms with Crippen molar-refractivity contribution in [1.82, 2.24) is 9.88 Å². The van der Waals surface area contributed by atoms with Crippen LogP contribution in [0.3, 0.4) is 0 Å². The number of nitrogens with zero attached hydrogens (tertiary/aromatic N) is 3. The lowest BCUT2D eigenvalue weighted by Crippen LogP contribution is -2.19. The molecule has 0 N–H and O–H groups in total. The molecule has 0 radical (unpaired) electrons. The first-order valence-electron chi connectivity index (χ1n) is 4.50. The van der Waals surface area contributed by atoms with Gasteiger partial charge in [-0.1, -0.05) is 23.2 Å². The standard InChI is InChI=1S/C10H11Cl2N3O/c1-6(15(2)3)14-10(16)7-4-8(11)9(12)13-5-7/h4-5H,1-3H3. The number of rotatable bonds is 1. The predicted octanol–water partition coefficient (Wildman–Crippen LogP) is 2.51. The van der Waals surface area contributed by atoms with Gasteiger partial charge >= 0.3 is 0 Å². The van der Waals surface area contributed by atoms with E-state index in [9.17, 15) is 4.79 Å². The highest BCUT2D eigenvalue weighted by Crippen LogP contribution is 2.20. The van der Waals surface area contributed by atoms with E-state index in [0.717, 1.165) is 0 Å². The van der Waals surface area contributed by atoms with Crippen LogP contribution in [0.25, 0.3) is 0 Å². The Morgan fingerprint density at radius 3 is 2.56 bits per heavy atom. The fourth-order valence-electron chi connectivity index (χ4n) is 0.850. The summed E-state index contributed by atoms with van der Waals surface area (Å²) in [6.07, 6.45) is 1.35. The molecule has 16 heavy (non-hydrogen) atoms. The molecule has 86 valence electrons. The average Bonchev–Trinajstić information content (AvgIpc) is 2.21. The molecule has 0 bridgehead atoms. The summed E-state index contributed by atoms with van der Waals surface area (Å²) >= 11 is 11.4. The largest absolute Gasteiger partial charge is 0.366 e. The molecule has 0 aliphatic heterocycles. The van der Waals surface area contributed by atoms with Crippen molar-refractivity contribution in [3.05, 3.63) is 28.0 Å². The first kappa shape index (κ1) is 12.9. The van der Waals surface area contributed by atoms with Crippen molar-refractivity contribution in [2.24, 2.45) is 4.99 Å². The van der Waals surface area contributed by atoms with Crippen LogP contribution >= 0.6 is 23.2 Å². The number of carbonyl (C=O) groups is 1. The molecule has 0 aliphatic carbocycles. The van der Waals surface area contributed by atoms with E-state index in [-0.39, 0.29) is 10.2 Å². The van der Waals surface area contributed by atoms with E-state index in [1.54, 1.807) is 25.9 Å². The SMILES string of the molecule is CC(=NC(=O)c1cnc(Cl)c(Cl)c1)N(C)C. The minimum Gasteiger partial charge on any atom is -0.366 e. The van der Waals surface area contributed by atoms with E-state index in [1.165, 1.54) is 12.3 Å². The Morgan fingerprint density at radius 2 is 2.06 bits per heavy atom. The number of amides is 1. The van der Waals surface area contributed by atoms with Crippen LogP contribution in [0.4, 0.5) is 0 Å². The highest BCUT2D eigenvalue weighted by molar-refractivity contribution is 6.41. The lowest BCUT2D eigenvalue weighted by molar-refractivity contribution is 0.100. The van der Waals surface area contributed by atoms with Crippen LogP contribution in [-0.2, 0) is 0 Å². The van der Waals surface area contributed by atoms with E-state index in [1.807, 2.05) is 0 Å². The number of halogens is 2. The summed E-state index contributed by atoms with van der Waals surface area (Å²) in [6.45, 7) is 1.74. The van der Waals surface area contributed by atoms with Crippen molar-refractivity contribution < 1.29 is 4.79 Å². The highest BCUT2D eigenvalue weighted by atomic mass is 35.5. The Kier molecular flexibility index (Phi) is 4.26. The van der Waals surface area contributed by atoms with Gasteiger partial charge in [-0.15, -0.1) is 0 Å². The van der Waals surface area contributed by atoms with Gasteiger partial charge < -0.3 is 4.90 Å². The molecule has 1 heterocycles. The fraction of sp³-hybridized carbons (Fsp3) is 0.300. The quantitative estimate of drug-likeness (QED) is 0.442. The van der Waals surface area contributed by atoms with Crippen molar-refractivity contribution in [3.63, 3.8) is 0 Å². The fourth-order valence-corrected chi connectivity index (χ4v) is 1.12. The normalized spacial score (nSPS) is 11.4. The molecule has 0 fully saturated rings. The van der Waals surface area contributed by atoms with Gasteiger partial charge in [0.2, 0.25) is 0 Å². The third-order valence-corrected chi connectivity index (χ3v) is 2.64. The van der Waals surface area contributed by atoms with Gasteiger partial charge in [0.15, 0.2) is 0 Å². The van der Waals surface area contributed by atoms with Gasteiger partial charge in [-0.25, -0.2) is 4.98 Å². The van der Waals surface area contributed by atoms with Crippen molar-refractivity contribution in [2.45, 2.75) is 6.92 Å². The van der Waals surface area contributed by atoms with Crippen LogP contribution in [0.5, 0.6) is 0 Å². The van der Waals surface area contributed by atoms with Gasteiger partial charge in [-0.05, 0) is 13.0 Å². The van der Waals surface area contributed by atoms with Gasteiger partial charge in [0.1, 0.15) is 11.0 Å². The van der Waals surface area contributed by atoms with Crippen LogP contribution in [0, 0.1) is 0 Å². The Balaban J connectivity index is 2.98. The number of hydrogen-bond donors (Lipinski definition) is 0. The summed E-state index contributed by atoms with van der Waals surface area (Å²) in [5, 5.41) is 0.414. The van der Waals surface area contributed by atoms with Crippen LogP contribution in [0.1, 0.15) is 17.3 Å². The van der Waals surface area contributed by atoms with Gasteiger partial charge in [0.05, 0.1) is 10.6 Å². The molecular formula is C10H11Cl2N3O. The van der Waals surface area contributed by atoms with E-state index in [2.05, 4.69) is 9.98 Å². The summed E-state index contributed by atoms with van der Waals surface area (Å²) in [4.78, 5) is 21.1. The molecule has 0 saturated heterocycles. The molecule has 0 atom stereocenters. The van der Waals surface area contributed by atoms with Crippen molar-refractivity contribution in [2.75, 3.05) is 14.1 Å². The Labute approximate surface area is 104 Å². The van der Waals surface area contributed by atoms with Gasteiger partial charge in [-0.3, -0.25) is 4.79 Å². The van der Waals surface area contributed by atoms with Gasteiger partial charge in [0, 0.05) is 20.3 Å². The topological polar surface area (TPSA) is 45.6 Å². The summed E-state index contributed by atoms with van der Waals surface area (Å²) in [5.41, 5.74) is 0.315. The first-order chi connectivity index (χ1) is 7.41.